The van der Waals surface area contributed by atoms with E-state index in [0.29, 0.717) is 43.9 Å². The van der Waals surface area contributed by atoms with Gasteiger partial charge in [-0.1, -0.05) is 23.7 Å². The molecule has 2 aromatic rings. The van der Waals surface area contributed by atoms with E-state index in [1.54, 1.807) is 17.0 Å². The first kappa shape index (κ1) is 26.8. The first-order valence-electron chi connectivity index (χ1n) is 12.3. The minimum atomic E-state index is -4.54. The van der Waals surface area contributed by atoms with Crippen molar-refractivity contribution in [3.8, 4) is 0 Å². The third kappa shape index (κ3) is 5.49. The average Bonchev–Trinajstić information content (AvgIpc) is 3.13. The lowest BCUT2D eigenvalue weighted by Gasteiger charge is -2.42. The number of piperazine rings is 1. The van der Waals surface area contributed by atoms with Crippen molar-refractivity contribution >= 4 is 28.8 Å². The highest BCUT2D eigenvalue weighted by Gasteiger charge is 2.41. The maximum atomic E-state index is 13.2. The molecule has 3 aliphatic rings. The third-order valence-electron chi connectivity index (χ3n) is 7.46. The minimum Gasteiger partial charge on any atom is -0.362 e. The Morgan fingerprint density at radius 3 is 2.26 bits per heavy atom. The molecule has 1 amide bonds. The van der Waals surface area contributed by atoms with Crippen molar-refractivity contribution in [3.63, 3.8) is 0 Å². The molecule has 1 aromatic carbocycles. The summed E-state index contributed by atoms with van der Waals surface area (Å²) in [6.45, 7) is 2.15. The normalized spacial score (nSPS) is 22.6. The first-order chi connectivity index (χ1) is 17.9. The van der Waals surface area contributed by atoms with Crippen molar-refractivity contribution in [1.82, 2.24) is 14.8 Å². The second kappa shape index (κ2) is 10.1. The standard InChI is InChI=1S/C26H25ClF6N4O/c27-22-5-1-17(11-21(22)25(28,29)30)16-7-9-36(10-8-16)24(38)15-35-13-19-2-3-20(14-35)37(19)18-4-6-23(34-12-18)26(31,32)33/h1,4-7,11-12,19-20H,2-3,8-10,13-15H2. The number of pyridine rings is 1. The Morgan fingerprint density at radius 2 is 1.71 bits per heavy atom. The van der Waals surface area contributed by atoms with E-state index < -0.39 is 23.6 Å². The van der Waals surface area contributed by atoms with Gasteiger partial charge in [0.15, 0.2) is 0 Å². The number of hydrogen-bond donors (Lipinski definition) is 0. The first-order valence-corrected chi connectivity index (χ1v) is 12.7. The van der Waals surface area contributed by atoms with E-state index in [1.807, 2.05) is 0 Å². The molecule has 4 heterocycles. The zero-order valence-corrected chi connectivity index (χ0v) is 21.0. The number of nitrogens with zero attached hydrogens (tertiary/aromatic N) is 4. The number of amides is 1. The van der Waals surface area contributed by atoms with Crippen LogP contribution in [0.5, 0.6) is 0 Å². The van der Waals surface area contributed by atoms with Gasteiger partial charge in [0.05, 0.1) is 29.0 Å². The van der Waals surface area contributed by atoms with Crippen molar-refractivity contribution in [3.05, 3.63) is 64.4 Å². The number of rotatable bonds is 4. The van der Waals surface area contributed by atoms with E-state index in [9.17, 15) is 31.1 Å². The van der Waals surface area contributed by atoms with E-state index in [-0.39, 0.29) is 29.6 Å². The Balaban J connectivity index is 1.18. The van der Waals surface area contributed by atoms with Crippen LogP contribution >= 0.6 is 11.6 Å². The topological polar surface area (TPSA) is 39.7 Å². The highest BCUT2D eigenvalue weighted by molar-refractivity contribution is 6.31. The summed E-state index contributed by atoms with van der Waals surface area (Å²) in [6.07, 6.45) is -3.78. The van der Waals surface area contributed by atoms with E-state index in [2.05, 4.69) is 14.8 Å². The number of likely N-dealkylation sites (tertiary alicyclic amines) is 1. The minimum absolute atomic E-state index is 0.0589. The molecule has 1 aromatic heterocycles. The summed E-state index contributed by atoms with van der Waals surface area (Å²) in [5.41, 5.74) is 0.0405. The van der Waals surface area contributed by atoms with Crippen LogP contribution in [0.2, 0.25) is 5.02 Å². The maximum absolute atomic E-state index is 13.2. The predicted molar refractivity (Wildman–Crippen MR) is 131 cm³/mol. The molecule has 204 valence electrons. The molecule has 0 aliphatic carbocycles. The molecule has 2 unspecified atom stereocenters. The molecule has 2 atom stereocenters. The van der Waals surface area contributed by atoms with Crippen LogP contribution in [-0.2, 0) is 17.1 Å². The number of alkyl halides is 6. The summed E-state index contributed by atoms with van der Waals surface area (Å²) in [5.74, 6) is -0.0589. The summed E-state index contributed by atoms with van der Waals surface area (Å²) < 4.78 is 78.3. The average molecular weight is 559 g/mol. The summed E-state index contributed by atoms with van der Waals surface area (Å²) in [4.78, 5) is 22.5. The molecule has 3 aliphatic heterocycles. The molecule has 0 spiro atoms. The molecule has 12 heteroatoms. The molecular formula is C26H25ClF6N4O. The number of hydrogen-bond acceptors (Lipinski definition) is 4. The lowest BCUT2D eigenvalue weighted by atomic mass is 9.97. The fourth-order valence-electron chi connectivity index (χ4n) is 5.64. The van der Waals surface area contributed by atoms with E-state index in [4.69, 9.17) is 11.6 Å². The van der Waals surface area contributed by atoms with Crippen molar-refractivity contribution in [2.75, 3.05) is 37.6 Å². The fraction of sp³-hybridized carbons (Fsp3) is 0.462. The van der Waals surface area contributed by atoms with Crippen molar-refractivity contribution < 1.29 is 31.1 Å². The van der Waals surface area contributed by atoms with Crippen LogP contribution in [0.3, 0.4) is 0 Å². The molecule has 0 N–H and O–H groups in total. The van der Waals surface area contributed by atoms with Crippen LogP contribution in [0.25, 0.3) is 5.57 Å². The number of halogens is 7. The molecular weight excluding hydrogens is 534 g/mol. The molecule has 2 saturated heterocycles. The molecule has 0 radical (unpaired) electrons. The van der Waals surface area contributed by atoms with Gasteiger partial charge in [-0.25, -0.2) is 4.98 Å². The van der Waals surface area contributed by atoms with Gasteiger partial charge in [-0.3, -0.25) is 9.69 Å². The fourth-order valence-corrected chi connectivity index (χ4v) is 5.86. The zero-order valence-electron chi connectivity index (χ0n) is 20.2. The van der Waals surface area contributed by atoms with Gasteiger partial charge in [-0.2, -0.15) is 26.3 Å². The monoisotopic (exact) mass is 558 g/mol. The number of carbonyl (C=O) groups is 1. The van der Waals surface area contributed by atoms with Gasteiger partial charge in [-0.15, -0.1) is 0 Å². The molecule has 2 fully saturated rings. The van der Waals surface area contributed by atoms with Gasteiger partial charge >= 0.3 is 12.4 Å². The van der Waals surface area contributed by atoms with Crippen LogP contribution in [0.15, 0.2) is 42.6 Å². The Morgan fingerprint density at radius 1 is 1.00 bits per heavy atom. The Labute approximate surface area is 220 Å². The summed E-state index contributed by atoms with van der Waals surface area (Å²) in [6, 6.07) is 6.47. The Bertz CT molecular complexity index is 1220. The number of benzene rings is 1. The van der Waals surface area contributed by atoms with Crippen LogP contribution in [-0.4, -0.2) is 65.5 Å². The SMILES string of the molecule is O=C(CN1CC2CCC(C1)N2c1ccc(C(F)(F)F)nc1)N1CC=C(c2ccc(Cl)c(C(F)(F)F)c2)CC1. The van der Waals surface area contributed by atoms with Gasteiger partial charge in [0, 0.05) is 38.3 Å². The Hall–Kier alpha value is -2.79. The van der Waals surface area contributed by atoms with E-state index in [1.165, 1.54) is 18.3 Å². The van der Waals surface area contributed by atoms with Gasteiger partial charge < -0.3 is 9.80 Å². The molecule has 0 saturated carbocycles. The van der Waals surface area contributed by atoms with Gasteiger partial charge in [0.25, 0.3) is 0 Å². The second-order valence-corrected chi connectivity index (χ2v) is 10.3. The molecule has 5 rings (SSSR count). The quantitative estimate of drug-likeness (QED) is 0.449. The van der Waals surface area contributed by atoms with Crippen LogP contribution in [0, 0.1) is 0 Å². The number of anilines is 1. The van der Waals surface area contributed by atoms with Crippen LogP contribution in [0.4, 0.5) is 32.0 Å². The van der Waals surface area contributed by atoms with Gasteiger partial charge in [0.2, 0.25) is 5.91 Å². The third-order valence-corrected chi connectivity index (χ3v) is 7.79. The summed E-state index contributed by atoms with van der Waals surface area (Å²) in [7, 11) is 0. The number of fused-ring (bicyclic) bond motifs is 2. The number of aromatic nitrogens is 1. The van der Waals surface area contributed by atoms with Gasteiger partial charge in [-0.05, 0) is 54.7 Å². The second-order valence-electron chi connectivity index (χ2n) is 9.90. The van der Waals surface area contributed by atoms with Crippen LogP contribution in [0.1, 0.15) is 36.1 Å². The highest BCUT2D eigenvalue weighted by Crippen LogP contribution is 2.38. The zero-order chi connectivity index (χ0) is 27.2. The lowest BCUT2D eigenvalue weighted by Crippen LogP contribution is -2.56. The van der Waals surface area contributed by atoms with Crippen molar-refractivity contribution in [1.29, 1.82) is 0 Å². The molecule has 2 bridgehead atoms. The molecule has 38 heavy (non-hydrogen) atoms. The van der Waals surface area contributed by atoms with E-state index >= 15 is 0 Å². The van der Waals surface area contributed by atoms with Gasteiger partial charge in [0.1, 0.15) is 5.69 Å². The summed E-state index contributed by atoms with van der Waals surface area (Å²) >= 11 is 5.72. The van der Waals surface area contributed by atoms with Crippen LogP contribution < -0.4 is 4.90 Å². The van der Waals surface area contributed by atoms with E-state index in [0.717, 1.165) is 30.5 Å². The predicted octanol–water partition coefficient (Wildman–Crippen LogP) is 5.74. The highest BCUT2D eigenvalue weighted by atomic mass is 35.5. The lowest BCUT2D eigenvalue weighted by molar-refractivity contribution is -0.141. The number of carbonyl (C=O) groups excluding carboxylic acids is 1. The van der Waals surface area contributed by atoms with Crippen molar-refractivity contribution in [2.24, 2.45) is 0 Å². The largest absolute Gasteiger partial charge is 0.433 e. The summed E-state index contributed by atoms with van der Waals surface area (Å²) in [5, 5.41) is -0.349. The molecule has 5 nitrogen and oxygen atoms in total. The smallest absolute Gasteiger partial charge is 0.362 e. The maximum Gasteiger partial charge on any atom is 0.433 e. The Kier molecular flexibility index (Phi) is 7.10. The van der Waals surface area contributed by atoms with Crippen molar-refractivity contribution in [2.45, 2.75) is 43.7 Å².